The standard InChI is InChI=1S/C10H16F3NO2/c1-14(6-9(15)16)8-4-2-7(3-5-8)10(11,12)13/h7-8H,2-6H2,1H3,(H,15,16). The first kappa shape index (κ1) is 13.3. The van der Waals surface area contributed by atoms with Crippen LogP contribution in [-0.2, 0) is 4.79 Å². The summed E-state index contributed by atoms with van der Waals surface area (Å²) in [4.78, 5) is 12.1. The summed E-state index contributed by atoms with van der Waals surface area (Å²) < 4.78 is 37.1. The summed E-state index contributed by atoms with van der Waals surface area (Å²) in [5.74, 6) is -2.15. The predicted molar refractivity (Wildman–Crippen MR) is 52.1 cm³/mol. The molecule has 0 heterocycles. The summed E-state index contributed by atoms with van der Waals surface area (Å²) in [6, 6.07) is -0.0327. The zero-order valence-corrected chi connectivity index (χ0v) is 9.13. The van der Waals surface area contributed by atoms with Crippen LogP contribution in [0.3, 0.4) is 0 Å². The van der Waals surface area contributed by atoms with Gasteiger partial charge in [-0.1, -0.05) is 0 Å². The van der Waals surface area contributed by atoms with E-state index in [0.29, 0.717) is 12.8 Å². The first-order chi connectivity index (χ1) is 7.30. The molecule has 1 aliphatic rings. The van der Waals surface area contributed by atoms with E-state index in [0.717, 1.165) is 0 Å². The molecule has 0 atom stereocenters. The van der Waals surface area contributed by atoms with Crippen molar-refractivity contribution < 1.29 is 23.1 Å². The van der Waals surface area contributed by atoms with E-state index >= 15 is 0 Å². The summed E-state index contributed by atoms with van der Waals surface area (Å²) >= 11 is 0. The molecule has 0 aromatic carbocycles. The lowest BCUT2D eigenvalue weighted by molar-refractivity contribution is -0.184. The van der Waals surface area contributed by atoms with Gasteiger partial charge in [0.05, 0.1) is 12.5 Å². The van der Waals surface area contributed by atoms with E-state index in [-0.39, 0.29) is 25.4 Å². The molecule has 1 rings (SSSR count). The number of rotatable bonds is 3. The van der Waals surface area contributed by atoms with E-state index in [1.165, 1.54) is 0 Å². The summed E-state index contributed by atoms with van der Waals surface area (Å²) in [6.07, 6.45) is -3.03. The molecule has 0 aromatic rings. The molecule has 3 nitrogen and oxygen atoms in total. The molecule has 0 saturated heterocycles. The van der Waals surface area contributed by atoms with Crippen LogP contribution in [0.4, 0.5) is 13.2 Å². The van der Waals surface area contributed by atoms with E-state index in [1.54, 1.807) is 11.9 Å². The second-order valence-electron chi connectivity index (χ2n) is 4.36. The molecule has 0 spiro atoms. The van der Waals surface area contributed by atoms with Crippen molar-refractivity contribution in [2.24, 2.45) is 5.92 Å². The number of carbonyl (C=O) groups is 1. The molecular formula is C10H16F3NO2. The summed E-state index contributed by atoms with van der Waals surface area (Å²) in [5.41, 5.74) is 0. The van der Waals surface area contributed by atoms with Gasteiger partial charge in [0.25, 0.3) is 0 Å². The number of aliphatic carboxylic acids is 1. The zero-order valence-electron chi connectivity index (χ0n) is 9.13. The van der Waals surface area contributed by atoms with Crippen molar-refractivity contribution >= 4 is 5.97 Å². The Kier molecular flexibility index (Phi) is 4.18. The maximum Gasteiger partial charge on any atom is 0.391 e. The smallest absolute Gasteiger partial charge is 0.391 e. The van der Waals surface area contributed by atoms with Crippen LogP contribution >= 0.6 is 0 Å². The Bertz CT molecular complexity index is 247. The monoisotopic (exact) mass is 239 g/mol. The number of hydrogen-bond acceptors (Lipinski definition) is 2. The van der Waals surface area contributed by atoms with Gasteiger partial charge in [0.1, 0.15) is 0 Å². The highest BCUT2D eigenvalue weighted by atomic mass is 19.4. The fraction of sp³-hybridized carbons (Fsp3) is 0.900. The SMILES string of the molecule is CN(CC(=O)O)C1CCC(C(F)(F)F)CC1. The van der Waals surface area contributed by atoms with Gasteiger partial charge in [0, 0.05) is 6.04 Å². The molecular weight excluding hydrogens is 223 g/mol. The minimum Gasteiger partial charge on any atom is -0.480 e. The second-order valence-corrected chi connectivity index (χ2v) is 4.36. The van der Waals surface area contributed by atoms with Gasteiger partial charge in [-0.15, -0.1) is 0 Å². The molecule has 0 amide bonds. The lowest BCUT2D eigenvalue weighted by atomic mass is 9.85. The second kappa shape index (κ2) is 5.03. The van der Waals surface area contributed by atoms with Crippen molar-refractivity contribution in [1.82, 2.24) is 4.90 Å². The third-order valence-corrected chi connectivity index (χ3v) is 3.17. The summed E-state index contributed by atoms with van der Waals surface area (Å²) in [7, 11) is 1.65. The molecule has 0 unspecified atom stereocenters. The molecule has 1 saturated carbocycles. The Balaban J connectivity index is 2.40. The quantitative estimate of drug-likeness (QED) is 0.820. The van der Waals surface area contributed by atoms with Crippen molar-refractivity contribution in [3.8, 4) is 0 Å². The Morgan fingerprint density at radius 3 is 2.19 bits per heavy atom. The lowest BCUT2D eigenvalue weighted by Gasteiger charge is -2.34. The van der Waals surface area contributed by atoms with E-state index in [2.05, 4.69) is 0 Å². The minimum atomic E-state index is -4.10. The molecule has 6 heteroatoms. The van der Waals surface area contributed by atoms with Gasteiger partial charge in [0.2, 0.25) is 0 Å². The third-order valence-electron chi connectivity index (χ3n) is 3.17. The number of alkyl halides is 3. The van der Waals surface area contributed by atoms with Gasteiger partial charge >= 0.3 is 12.1 Å². The number of carboxylic acids is 1. The van der Waals surface area contributed by atoms with E-state index in [9.17, 15) is 18.0 Å². The molecule has 1 N–H and O–H groups in total. The van der Waals surface area contributed by atoms with Gasteiger partial charge < -0.3 is 5.11 Å². The van der Waals surface area contributed by atoms with Crippen LogP contribution in [0, 0.1) is 5.92 Å². The van der Waals surface area contributed by atoms with Crippen LogP contribution in [-0.4, -0.2) is 41.8 Å². The first-order valence-corrected chi connectivity index (χ1v) is 5.29. The molecule has 0 bridgehead atoms. The molecule has 0 aliphatic heterocycles. The van der Waals surface area contributed by atoms with Crippen molar-refractivity contribution in [2.75, 3.05) is 13.6 Å². The topological polar surface area (TPSA) is 40.5 Å². The number of likely N-dealkylation sites (N-methyl/N-ethyl adjacent to an activating group) is 1. The zero-order chi connectivity index (χ0) is 12.3. The van der Waals surface area contributed by atoms with E-state index < -0.39 is 18.1 Å². The van der Waals surface area contributed by atoms with Crippen LogP contribution in [0.1, 0.15) is 25.7 Å². The molecule has 16 heavy (non-hydrogen) atoms. The number of nitrogens with zero attached hydrogens (tertiary/aromatic N) is 1. The molecule has 1 fully saturated rings. The van der Waals surface area contributed by atoms with Crippen LogP contribution < -0.4 is 0 Å². The number of hydrogen-bond donors (Lipinski definition) is 1. The van der Waals surface area contributed by atoms with Crippen molar-refractivity contribution in [3.63, 3.8) is 0 Å². The average Bonchev–Trinajstić information content (AvgIpc) is 2.15. The van der Waals surface area contributed by atoms with Crippen LogP contribution in [0.2, 0.25) is 0 Å². The maximum absolute atomic E-state index is 12.4. The third kappa shape index (κ3) is 3.66. The Labute approximate surface area is 92.2 Å². The average molecular weight is 239 g/mol. The van der Waals surface area contributed by atoms with Crippen LogP contribution in [0.5, 0.6) is 0 Å². The largest absolute Gasteiger partial charge is 0.480 e. The Morgan fingerprint density at radius 2 is 1.81 bits per heavy atom. The van der Waals surface area contributed by atoms with E-state index in [1.807, 2.05) is 0 Å². The summed E-state index contributed by atoms with van der Waals surface area (Å²) in [5, 5.41) is 8.57. The lowest BCUT2D eigenvalue weighted by Crippen LogP contribution is -2.40. The molecule has 1 aliphatic carbocycles. The Morgan fingerprint density at radius 1 is 1.31 bits per heavy atom. The van der Waals surface area contributed by atoms with Gasteiger partial charge in [-0.3, -0.25) is 9.69 Å². The van der Waals surface area contributed by atoms with Crippen molar-refractivity contribution in [3.05, 3.63) is 0 Å². The highest BCUT2D eigenvalue weighted by molar-refractivity contribution is 5.69. The van der Waals surface area contributed by atoms with Crippen molar-refractivity contribution in [2.45, 2.75) is 37.9 Å². The van der Waals surface area contributed by atoms with Gasteiger partial charge in [-0.05, 0) is 32.7 Å². The van der Waals surface area contributed by atoms with Gasteiger partial charge in [-0.25, -0.2) is 0 Å². The fourth-order valence-corrected chi connectivity index (χ4v) is 2.19. The molecule has 0 radical (unpaired) electrons. The number of halogens is 3. The van der Waals surface area contributed by atoms with E-state index in [4.69, 9.17) is 5.11 Å². The fourth-order valence-electron chi connectivity index (χ4n) is 2.19. The molecule has 94 valence electrons. The summed E-state index contributed by atoms with van der Waals surface area (Å²) in [6.45, 7) is -0.110. The highest BCUT2D eigenvalue weighted by Gasteiger charge is 2.41. The first-order valence-electron chi connectivity index (χ1n) is 5.29. The van der Waals surface area contributed by atoms with Crippen LogP contribution in [0.15, 0.2) is 0 Å². The minimum absolute atomic E-state index is 0.0327. The maximum atomic E-state index is 12.4. The Hall–Kier alpha value is -0.780. The van der Waals surface area contributed by atoms with Crippen LogP contribution in [0.25, 0.3) is 0 Å². The van der Waals surface area contributed by atoms with Crippen molar-refractivity contribution in [1.29, 1.82) is 0 Å². The normalized spacial score (nSPS) is 27.1. The van der Waals surface area contributed by atoms with Gasteiger partial charge in [0.15, 0.2) is 0 Å². The van der Waals surface area contributed by atoms with Gasteiger partial charge in [-0.2, -0.15) is 13.2 Å². The number of carboxylic acid groups (broad SMARTS) is 1. The molecule has 0 aromatic heterocycles. The highest BCUT2D eigenvalue weighted by Crippen LogP contribution is 2.38. The predicted octanol–water partition coefficient (Wildman–Crippen LogP) is 2.12.